The van der Waals surface area contributed by atoms with Crippen molar-refractivity contribution < 1.29 is 0 Å². The first kappa shape index (κ1) is 32.1. The molecule has 264 valence electrons. The molecule has 0 amide bonds. The minimum Gasteiger partial charge on any atom is -0.308 e. The summed E-state index contributed by atoms with van der Waals surface area (Å²) in [7, 11) is 0. The largest absolute Gasteiger partial charge is 0.308 e. The second kappa shape index (κ2) is 13.2. The molecule has 0 aliphatic heterocycles. The topological polar surface area (TPSA) is 48.5 Å². The fourth-order valence-electron chi connectivity index (χ4n) is 8.60. The summed E-state index contributed by atoms with van der Waals surface area (Å²) >= 11 is 0. The molecule has 0 saturated carbocycles. The van der Waals surface area contributed by atoms with E-state index in [1.54, 1.807) is 0 Å². The van der Waals surface area contributed by atoms with Crippen LogP contribution in [0.2, 0.25) is 0 Å². The Hall–Kier alpha value is -7.37. The number of para-hydroxylation sites is 1. The zero-order chi connectivity index (χ0) is 37.0. The summed E-state index contributed by atoms with van der Waals surface area (Å²) in [4.78, 5) is 14.8. The minimum absolute atomic E-state index is 0.183. The van der Waals surface area contributed by atoms with Gasteiger partial charge in [0.05, 0.1) is 39.3 Å². The highest BCUT2D eigenvalue weighted by atomic mass is 15.1. The lowest BCUT2D eigenvalue weighted by Gasteiger charge is -2.18. The molecule has 0 saturated heterocycles. The summed E-state index contributed by atoms with van der Waals surface area (Å²) in [5.74, 6) is 0.183. The van der Waals surface area contributed by atoms with Crippen molar-refractivity contribution in [3.63, 3.8) is 0 Å². The molecular formula is C51H35N5. The number of rotatable bonds is 6. The van der Waals surface area contributed by atoms with Gasteiger partial charge in [-0.25, -0.2) is 4.98 Å². The zero-order valence-corrected chi connectivity index (χ0v) is 30.5. The first-order valence-corrected chi connectivity index (χ1v) is 19.1. The van der Waals surface area contributed by atoms with Gasteiger partial charge < -0.3 is 9.13 Å². The van der Waals surface area contributed by atoms with Crippen LogP contribution in [0.5, 0.6) is 0 Å². The Morgan fingerprint density at radius 3 is 1.79 bits per heavy atom. The molecule has 0 fully saturated rings. The maximum Gasteiger partial charge on any atom is 0.0788 e. The van der Waals surface area contributed by atoms with Crippen molar-refractivity contribution in [2.45, 2.75) is 12.3 Å². The molecule has 5 heteroatoms. The molecule has 10 aromatic rings. The molecular weight excluding hydrogens is 683 g/mol. The van der Waals surface area contributed by atoms with Gasteiger partial charge in [0.2, 0.25) is 0 Å². The summed E-state index contributed by atoms with van der Waals surface area (Å²) in [6.07, 6.45) is 9.27. The Labute approximate surface area is 324 Å². The number of allylic oxidation sites excluding steroid dienone is 1. The predicted octanol–water partition coefficient (Wildman–Crippen LogP) is 12.3. The molecule has 0 bridgehead atoms. The Kier molecular flexibility index (Phi) is 7.56. The van der Waals surface area contributed by atoms with Crippen LogP contribution >= 0.6 is 0 Å². The Balaban J connectivity index is 1.27. The lowest BCUT2D eigenvalue weighted by atomic mass is 9.89. The summed E-state index contributed by atoms with van der Waals surface area (Å²) in [6.45, 7) is 0. The first-order chi connectivity index (χ1) is 27.8. The fourth-order valence-corrected chi connectivity index (χ4v) is 8.60. The highest BCUT2D eigenvalue weighted by molar-refractivity contribution is 6.20. The highest BCUT2D eigenvalue weighted by Gasteiger charge is 2.28. The Morgan fingerprint density at radius 1 is 0.464 bits per heavy atom. The molecule has 1 atom stereocenters. The smallest absolute Gasteiger partial charge is 0.0788 e. The minimum atomic E-state index is 0.183. The van der Waals surface area contributed by atoms with Crippen LogP contribution in [-0.2, 0) is 6.42 Å². The van der Waals surface area contributed by atoms with E-state index >= 15 is 0 Å². The number of aromatic nitrogens is 5. The van der Waals surface area contributed by atoms with Crippen LogP contribution < -0.4 is 0 Å². The van der Waals surface area contributed by atoms with Crippen molar-refractivity contribution in [2.75, 3.05) is 0 Å². The summed E-state index contributed by atoms with van der Waals surface area (Å²) in [6, 6.07) is 60.1. The third-order valence-corrected chi connectivity index (χ3v) is 11.2. The second-order valence-electron chi connectivity index (χ2n) is 14.4. The van der Waals surface area contributed by atoms with Crippen molar-refractivity contribution in [3.8, 4) is 45.1 Å². The van der Waals surface area contributed by atoms with Crippen LogP contribution in [-0.4, -0.2) is 24.1 Å². The van der Waals surface area contributed by atoms with Crippen LogP contribution in [0, 0.1) is 0 Å². The van der Waals surface area contributed by atoms with Gasteiger partial charge >= 0.3 is 0 Å². The van der Waals surface area contributed by atoms with E-state index in [1.165, 1.54) is 32.9 Å². The van der Waals surface area contributed by atoms with Gasteiger partial charge in [-0.3, -0.25) is 9.97 Å². The second-order valence-corrected chi connectivity index (χ2v) is 14.4. The Bertz CT molecular complexity index is 3020. The van der Waals surface area contributed by atoms with Gasteiger partial charge in [0.25, 0.3) is 0 Å². The van der Waals surface area contributed by atoms with Crippen molar-refractivity contribution in [1.82, 2.24) is 24.1 Å². The van der Waals surface area contributed by atoms with Crippen LogP contribution in [0.1, 0.15) is 22.9 Å². The first-order valence-electron chi connectivity index (χ1n) is 19.1. The quantitative estimate of drug-likeness (QED) is 0.172. The van der Waals surface area contributed by atoms with Crippen molar-refractivity contribution >= 4 is 38.8 Å². The lowest BCUT2D eigenvalue weighted by Crippen LogP contribution is -2.08. The summed E-state index contributed by atoms with van der Waals surface area (Å²) in [5, 5.41) is 3.60. The van der Waals surface area contributed by atoms with Crippen LogP contribution in [0.4, 0.5) is 0 Å². The van der Waals surface area contributed by atoms with Crippen molar-refractivity contribution in [2.24, 2.45) is 0 Å². The van der Waals surface area contributed by atoms with Gasteiger partial charge in [0.1, 0.15) is 0 Å². The van der Waals surface area contributed by atoms with Gasteiger partial charge in [-0.15, -0.1) is 0 Å². The third kappa shape index (κ3) is 5.28. The molecule has 56 heavy (non-hydrogen) atoms. The highest BCUT2D eigenvalue weighted by Crippen LogP contribution is 2.45. The Morgan fingerprint density at radius 2 is 1.11 bits per heavy atom. The van der Waals surface area contributed by atoms with E-state index in [0.29, 0.717) is 0 Å². The average molecular weight is 718 g/mol. The molecule has 0 N–H and O–H groups in total. The van der Waals surface area contributed by atoms with E-state index in [9.17, 15) is 0 Å². The van der Waals surface area contributed by atoms with Crippen LogP contribution in [0.3, 0.4) is 0 Å². The number of hydrogen-bond acceptors (Lipinski definition) is 3. The van der Waals surface area contributed by atoms with Gasteiger partial charge in [-0.1, -0.05) is 115 Å². The number of benzene rings is 5. The van der Waals surface area contributed by atoms with E-state index in [1.807, 2.05) is 24.5 Å². The standard InChI is InChI=1S/C51H35N5/c1-4-14-34(15-5-1)46-32-39(33-47(54-46)35-16-6-2-7-17-35)56-49-27-23-37(45-21-11-13-29-53-45)31-43(49)41-25-24-40-42-30-36(44-20-10-12-28-52-44)22-26-48(42)55(50(40)51(41)56)38-18-8-3-9-19-38/h1-29,31-33,36H,30H2. The fraction of sp³-hybridized carbons (Fsp3) is 0.0392. The molecule has 1 aliphatic carbocycles. The normalized spacial score (nSPS) is 13.8. The van der Waals surface area contributed by atoms with Gasteiger partial charge in [0, 0.05) is 68.2 Å². The van der Waals surface area contributed by atoms with E-state index < -0.39 is 0 Å². The van der Waals surface area contributed by atoms with E-state index in [2.05, 4.69) is 179 Å². The molecule has 0 radical (unpaired) electrons. The number of pyridine rings is 3. The molecule has 11 rings (SSSR count). The van der Waals surface area contributed by atoms with Crippen molar-refractivity contribution in [1.29, 1.82) is 0 Å². The van der Waals surface area contributed by atoms with E-state index in [-0.39, 0.29) is 5.92 Å². The SMILES string of the molecule is C1=CC(c2ccccn2)Cc2c1n(-c1ccccc1)c1c2ccc2c3cc(-c4ccccn4)ccc3n(-c3cc(-c4ccccc4)nc(-c4ccccc4)c3)c21. The molecule has 0 spiro atoms. The summed E-state index contributed by atoms with van der Waals surface area (Å²) in [5.41, 5.74) is 15.3. The molecule has 5 heterocycles. The average Bonchev–Trinajstić information content (AvgIpc) is 3.80. The van der Waals surface area contributed by atoms with Gasteiger partial charge in [0.15, 0.2) is 0 Å². The lowest BCUT2D eigenvalue weighted by molar-refractivity contribution is 0.793. The van der Waals surface area contributed by atoms with Crippen LogP contribution in [0.25, 0.3) is 83.9 Å². The molecule has 1 unspecified atom stereocenters. The van der Waals surface area contributed by atoms with Crippen molar-refractivity contribution in [3.05, 3.63) is 205 Å². The number of hydrogen-bond donors (Lipinski definition) is 0. The molecule has 1 aliphatic rings. The van der Waals surface area contributed by atoms with Gasteiger partial charge in [-0.2, -0.15) is 0 Å². The molecule has 5 aromatic heterocycles. The number of fused-ring (bicyclic) bond motifs is 7. The summed E-state index contributed by atoms with van der Waals surface area (Å²) < 4.78 is 4.95. The van der Waals surface area contributed by atoms with E-state index in [0.717, 1.165) is 68.3 Å². The third-order valence-electron chi connectivity index (χ3n) is 11.2. The monoisotopic (exact) mass is 717 g/mol. The van der Waals surface area contributed by atoms with E-state index in [4.69, 9.17) is 15.0 Å². The number of nitrogens with zero attached hydrogens (tertiary/aromatic N) is 5. The van der Waals surface area contributed by atoms with Gasteiger partial charge in [-0.05, 0) is 78.7 Å². The maximum atomic E-state index is 5.27. The molecule has 5 nitrogen and oxygen atoms in total. The predicted molar refractivity (Wildman–Crippen MR) is 229 cm³/mol. The maximum absolute atomic E-state index is 5.27. The van der Waals surface area contributed by atoms with Crippen LogP contribution in [0.15, 0.2) is 188 Å². The molecule has 5 aromatic carbocycles. The zero-order valence-electron chi connectivity index (χ0n) is 30.5.